The lowest BCUT2D eigenvalue weighted by Gasteiger charge is -2.05. The molecule has 0 aromatic heterocycles. The van der Waals surface area contributed by atoms with Crippen LogP contribution in [0.5, 0.6) is 5.75 Å². The van der Waals surface area contributed by atoms with E-state index < -0.39 is 5.97 Å². The van der Waals surface area contributed by atoms with Crippen molar-refractivity contribution in [2.45, 2.75) is 26.7 Å². The van der Waals surface area contributed by atoms with E-state index in [0.717, 1.165) is 35.3 Å². The molecule has 3 rings (SSSR count). The molecule has 0 atom stereocenters. The number of carbonyl (C=O) groups excluding carboxylic acids is 1. The first kappa shape index (κ1) is 17.0. The molecule has 1 aliphatic heterocycles. The number of rotatable bonds is 6. The van der Waals surface area contributed by atoms with Crippen LogP contribution in [0.1, 0.15) is 36.5 Å². The number of hydrogen-bond acceptors (Lipinski definition) is 4. The third-order valence-electron chi connectivity index (χ3n) is 3.87. The highest BCUT2D eigenvalue weighted by atomic mass is 16.6. The van der Waals surface area contributed by atoms with Crippen molar-refractivity contribution in [3.63, 3.8) is 0 Å². The molecule has 2 aromatic rings. The second kappa shape index (κ2) is 7.79. The molecule has 0 saturated carbocycles. The van der Waals surface area contributed by atoms with Crippen LogP contribution in [0.25, 0.3) is 6.08 Å². The second-order valence-electron chi connectivity index (χ2n) is 5.97. The van der Waals surface area contributed by atoms with Gasteiger partial charge in [0.05, 0.1) is 6.61 Å². The van der Waals surface area contributed by atoms with E-state index in [1.54, 1.807) is 6.08 Å². The minimum atomic E-state index is -0.432. The lowest BCUT2D eigenvalue weighted by atomic mass is 10.1. The van der Waals surface area contributed by atoms with E-state index in [0.29, 0.717) is 18.2 Å². The van der Waals surface area contributed by atoms with Crippen LogP contribution in [0.2, 0.25) is 0 Å². The van der Waals surface area contributed by atoms with Gasteiger partial charge in [0.2, 0.25) is 5.90 Å². The molecular formula is C21H21NO3. The Morgan fingerprint density at radius 2 is 1.80 bits per heavy atom. The summed E-state index contributed by atoms with van der Waals surface area (Å²) in [5.74, 6) is 0.739. The first-order valence-corrected chi connectivity index (χ1v) is 8.48. The zero-order valence-corrected chi connectivity index (χ0v) is 14.5. The lowest BCUT2D eigenvalue weighted by molar-refractivity contribution is -0.129. The summed E-state index contributed by atoms with van der Waals surface area (Å²) in [6.07, 6.45) is 3.86. The van der Waals surface area contributed by atoms with Crippen molar-refractivity contribution < 1.29 is 14.3 Å². The monoisotopic (exact) mass is 335 g/mol. The maximum atomic E-state index is 12.0. The van der Waals surface area contributed by atoms with Crippen molar-refractivity contribution >= 4 is 17.9 Å². The molecule has 4 nitrogen and oxygen atoms in total. The molecule has 0 saturated heterocycles. The zero-order valence-electron chi connectivity index (χ0n) is 14.5. The van der Waals surface area contributed by atoms with Crippen molar-refractivity contribution in [3.05, 3.63) is 70.9 Å². The maximum Gasteiger partial charge on any atom is 0.363 e. The average Bonchev–Trinajstić information content (AvgIpc) is 2.98. The van der Waals surface area contributed by atoms with Crippen LogP contribution in [0.4, 0.5) is 0 Å². The Morgan fingerprint density at radius 3 is 2.48 bits per heavy atom. The number of nitrogens with zero attached hydrogens (tertiary/aromatic N) is 1. The number of hydrogen-bond donors (Lipinski definition) is 0. The summed E-state index contributed by atoms with van der Waals surface area (Å²) < 4.78 is 10.9. The fraction of sp³-hybridized carbons (Fsp3) is 0.238. The van der Waals surface area contributed by atoms with E-state index in [1.807, 2.05) is 55.5 Å². The summed E-state index contributed by atoms with van der Waals surface area (Å²) >= 11 is 0. The first-order valence-electron chi connectivity index (χ1n) is 8.48. The summed E-state index contributed by atoms with van der Waals surface area (Å²) in [7, 11) is 0. The molecule has 0 radical (unpaired) electrons. The van der Waals surface area contributed by atoms with Crippen LogP contribution in [0, 0.1) is 6.92 Å². The lowest BCUT2D eigenvalue weighted by Crippen LogP contribution is -2.05. The average molecular weight is 335 g/mol. The predicted molar refractivity (Wildman–Crippen MR) is 98.6 cm³/mol. The summed E-state index contributed by atoms with van der Waals surface area (Å²) in [5, 5.41) is 0. The van der Waals surface area contributed by atoms with Gasteiger partial charge < -0.3 is 9.47 Å². The Balaban J connectivity index is 1.74. The molecule has 0 fully saturated rings. The van der Waals surface area contributed by atoms with Crippen LogP contribution in [-0.4, -0.2) is 18.5 Å². The van der Waals surface area contributed by atoms with Gasteiger partial charge in [0, 0.05) is 5.56 Å². The van der Waals surface area contributed by atoms with Gasteiger partial charge in [-0.15, -0.1) is 0 Å². The third kappa shape index (κ3) is 4.35. The number of cyclic esters (lactones) is 1. The summed E-state index contributed by atoms with van der Waals surface area (Å²) in [6, 6.07) is 15.3. The van der Waals surface area contributed by atoms with Crippen molar-refractivity contribution in [1.82, 2.24) is 0 Å². The highest BCUT2D eigenvalue weighted by Crippen LogP contribution is 2.21. The van der Waals surface area contributed by atoms with Gasteiger partial charge >= 0.3 is 5.97 Å². The van der Waals surface area contributed by atoms with Crippen molar-refractivity contribution in [2.24, 2.45) is 4.99 Å². The van der Waals surface area contributed by atoms with Crippen LogP contribution in [-0.2, 0) is 9.53 Å². The topological polar surface area (TPSA) is 47.9 Å². The highest BCUT2D eigenvalue weighted by molar-refractivity contribution is 6.12. The molecule has 0 bridgehead atoms. The molecule has 0 N–H and O–H groups in total. The molecule has 128 valence electrons. The second-order valence-corrected chi connectivity index (χ2v) is 5.97. The molecule has 25 heavy (non-hydrogen) atoms. The third-order valence-corrected chi connectivity index (χ3v) is 3.87. The summed E-state index contributed by atoms with van der Waals surface area (Å²) in [6.45, 7) is 4.85. The number of ether oxygens (including phenoxy) is 2. The van der Waals surface area contributed by atoms with E-state index in [2.05, 4.69) is 11.9 Å². The van der Waals surface area contributed by atoms with Gasteiger partial charge in [-0.05, 0) is 49.2 Å². The number of esters is 1. The molecule has 1 heterocycles. The predicted octanol–water partition coefficient (Wildman–Crippen LogP) is 4.52. The van der Waals surface area contributed by atoms with E-state index in [1.165, 1.54) is 0 Å². The standard InChI is InChI=1S/C21H21NO3/c1-3-4-13-24-18-11-7-16(8-12-18)14-19-21(23)25-20(22-19)17-9-5-15(2)6-10-17/h5-12,14H,3-4,13H2,1-2H3/b19-14+. The number of aliphatic imine (C=N–C) groups is 1. The minimum Gasteiger partial charge on any atom is -0.494 e. The van der Waals surface area contributed by atoms with Crippen LogP contribution in [0.15, 0.2) is 59.2 Å². The Morgan fingerprint density at radius 1 is 1.08 bits per heavy atom. The normalized spacial score (nSPS) is 15.2. The zero-order chi connectivity index (χ0) is 17.6. The van der Waals surface area contributed by atoms with Gasteiger partial charge in [-0.25, -0.2) is 9.79 Å². The fourth-order valence-electron chi connectivity index (χ4n) is 2.38. The van der Waals surface area contributed by atoms with Gasteiger partial charge in [-0.2, -0.15) is 0 Å². The number of unbranched alkanes of at least 4 members (excludes halogenated alkanes) is 1. The largest absolute Gasteiger partial charge is 0.494 e. The molecule has 4 heteroatoms. The first-order chi connectivity index (χ1) is 12.2. The van der Waals surface area contributed by atoms with Gasteiger partial charge in [-0.3, -0.25) is 0 Å². The summed E-state index contributed by atoms with van der Waals surface area (Å²) in [5.41, 5.74) is 3.12. The Kier molecular flexibility index (Phi) is 5.29. The molecule has 0 amide bonds. The molecule has 2 aromatic carbocycles. The van der Waals surface area contributed by atoms with Gasteiger partial charge in [-0.1, -0.05) is 43.2 Å². The number of aryl methyl sites for hydroxylation is 1. The fourth-order valence-corrected chi connectivity index (χ4v) is 2.38. The smallest absolute Gasteiger partial charge is 0.363 e. The van der Waals surface area contributed by atoms with Crippen LogP contribution < -0.4 is 4.74 Å². The molecule has 0 spiro atoms. The number of carbonyl (C=O) groups is 1. The molecule has 1 aliphatic rings. The van der Waals surface area contributed by atoms with Crippen molar-refractivity contribution in [3.8, 4) is 5.75 Å². The quantitative estimate of drug-likeness (QED) is 0.443. The van der Waals surface area contributed by atoms with Crippen LogP contribution >= 0.6 is 0 Å². The van der Waals surface area contributed by atoms with E-state index in [-0.39, 0.29) is 0 Å². The Hall–Kier alpha value is -2.88. The molecule has 0 unspecified atom stereocenters. The van der Waals surface area contributed by atoms with E-state index in [4.69, 9.17) is 9.47 Å². The maximum absolute atomic E-state index is 12.0. The highest BCUT2D eigenvalue weighted by Gasteiger charge is 2.23. The molecular weight excluding hydrogens is 314 g/mol. The minimum absolute atomic E-state index is 0.301. The van der Waals surface area contributed by atoms with Crippen LogP contribution in [0.3, 0.4) is 0 Å². The van der Waals surface area contributed by atoms with Gasteiger partial charge in [0.15, 0.2) is 5.70 Å². The SMILES string of the molecule is CCCCOc1ccc(/C=C2/N=C(c3ccc(C)cc3)OC2=O)cc1. The van der Waals surface area contributed by atoms with Crippen molar-refractivity contribution in [2.75, 3.05) is 6.61 Å². The van der Waals surface area contributed by atoms with Gasteiger partial charge in [0.25, 0.3) is 0 Å². The van der Waals surface area contributed by atoms with Gasteiger partial charge in [0.1, 0.15) is 5.75 Å². The Bertz CT molecular complexity index is 802. The Labute approximate surface area is 147 Å². The van der Waals surface area contributed by atoms with Crippen molar-refractivity contribution in [1.29, 1.82) is 0 Å². The van der Waals surface area contributed by atoms with E-state index in [9.17, 15) is 4.79 Å². The molecule has 0 aliphatic carbocycles. The summed E-state index contributed by atoms with van der Waals surface area (Å²) in [4.78, 5) is 16.4. The van der Waals surface area contributed by atoms with E-state index >= 15 is 0 Å². The number of benzene rings is 2.